The minimum absolute atomic E-state index is 0.215. The number of carbonyl (C=O) groups is 1. The average Bonchev–Trinajstić information content (AvgIpc) is 3.12. The van der Waals surface area contributed by atoms with Gasteiger partial charge in [-0.2, -0.15) is 0 Å². The molecule has 2 N–H and O–H groups in total. The lowest BCUT2D eigenvalue weighted by Gasteiger charge is -2.10. The van der Waals surface area contributed by atoms with Crippen molar-refractivity contribution in [2.45, 2.75) is 6.92 Å². The molecule has 0 amide bonds. The van der Waals surface area contributed by atoms with Crippen molar-refractivity contribution in [1.29, 1.82) is 0 Å². The lowest BCUT2D eigenvalue weighted by atomic mass is 10.1. The number of aromatic carboxylic acids is 1. The first-order valence-corrected chi connectivity index (χ1v) is 9.44. The van der Waals surface area contributed by atoms with E-state index in [4.69, 9.17) is 4.74 Å². The molecule has 0 saturated carbocycles. The molecule has 0 bridgehead atoms. The van der Waals surface area contributed by atoms with Crippen molar-refractivity contribution in [2.24, 2.45) is 0 Å². The highest BCUT2D eigenvalue weighted by atomic mass is 32.1. The molecule has 28 heavy (non-hydrogen) atoms. The SMILES string of the molecule is COc1ccc(-c2csc3nc(C)nc(Nc4cccc(C(=O)O)c4)c23)cc1. The van der Waals surface area contributed by atoms with Crippen molar-refractivity contribution < 1.29 is 14.6 Å². The summed E-state index contributed by atoms with van der Waals surface area (Å²) in [7, 11) is 1.64. The van der Waals surface area contributed by atoms with E-state index in [9.17, 15) is 9.90 Å². The standard InChI is InChI=1S/C21H17N3O3S/c1-12-22-19(24-15-5-3-4-14(10-15)21(25)26)18-17(11-28-20(18)23-12)13-6-8-16(27-2)9-7-13/h3-11H,1-2H3,(H,25,26)(H,22,23,24). The second-order valence-corrected chi connectivity index (χ2v) is 7.05. The van der Waals surface area contributed by atoms with Crippen LogP contribution in [0.25, 0.3) is 21.3 Å². The molecular formula is C21H17N3O3S. The predicted octanol–water partition coefficient (Wildman–Crippen LogP) is 5.12. The van der Waals surface area contributed by atoms with Gasteiger partial charge in [-0.3, -0.25) is 0 Å². The van der Waals surface area contributed by atoms with Crippen LogP contribution < -0.4 is 10.1 Å². The fourth-order valence-electron chi connectivity index (χ4n) is 2.99. The van der Waals surface area contributed by atoms with Gasteiger partial charge in [0.1, 0.15) is 22.2 Å². The second-order valence-electron chi connectivity index (χ2n) is 6.19. The third-order valence-corrected chi connectivity index (χ3v) is 5.19. The van der Waals surface area contributed by atoms with Crippen LogP contribution >= 0.6 is 11.3 Å². The van der Waals surface area contributed by atoms with E-state index in [0.29, 0.717) is 17.3 Å². The van der Waals surface area contributed by atoms with Crippen molar-refractivity contribution in [3.63, 3.8) is 0 Å². The van der Waals surface area contributed by atoms with Crippen molar-refractivity contribution >= 4 is 39.0 Å². The Morgan fingerprint density at radius 1 is 1.14 bits per heavy atom. The van der Waals surface area contributed by atoms with Gasteiger partial charge in [-0.1, -0.05) is 18.2 Å². The fraction of sp³-hybridized carbons (Fsp3) is 0.0952. The molecule has 0 radical (unpaired) electrons. The Hall–Kier alpha value is -3.45. The van der Waals surface area contributed by atoms with Gasteiger partial charge in [0.25, 0.3) is 0 Å². The number of nitrogens with one attached hydrogen (secondary N) is 1. The highest BCUT2D eigenvalue weighted by molar-refractivity contribution is 7.17. The smallest absolute Gasteiger partial charge is 0.335 e. The summed E-state index contributed by atoms with van der Waals surface area (Å²) in [5.74, 6) is 1.12. The van der Waals surface area contributed by atoms with E-state index in [1.807, 2.05) is 37.3 Å². The lowest BCUT2D eigenvalue weighted by molar-refractivity contribution is 0.0697. The molecule has 4 rings (SSSR count). The van der Waals surface area contributed by atoms with E-state index in [0.717, 1.165) is 27.1 Å². The van der Waals surface area contributed by atoms with Gasteiger partial charge in [-0.25, -0.2) is 14.8 Å². The summed E-state index contributed by atoms with van der Waals surface area (Å²) in [4.78, 5) is 21.3. The van der Waals surface area contributed by atoms with Crippen molar-refractivity contribution in [1.82, 2.24) is 9.97 Å². The van der Waals surface area contributed by atoms with Gasteiger partial charge in [0.15, 0.2) is 0 Å². The van der Waals surface area contributed by atoms with Crippen LogP contribution in [0.2, 0.25) is 0 Å². The first-order valence-electron chi connectivity index (χ1n) is 8.56. The number of rotatable bonds is 5. The second kappa shape index (κ2) is 7.28. The maximum atomic E-state index is 11.3. The number of carboxylic acid groups (broad SMARTS) is 1. The van der Waals surface area contributed by atoms with E-state index in [-0.39, 0.29) is 5.56 Å². The predicted molar refractivity (Wildman–Crippen MR) is 111 cm³/mol. The maximum absolute atomic E-state index is 11.3. The van der Waals surface area contributed by atoms with Crippen LogP contribution in [0.15, 0.2) is 53.9 Å². The van der Waals surface area contributed by atoms with Gasteiger partial charge >= 0.3 is 5.97 Å². The molecular weight excluding hydrogens is 374 g/mol. The quantitative estimate of drug-likeness (QED) is 0.491. The number of fused-ring (bicyclic) bond motifs is 1. The number of benzene rings is 2. The van der Waals surface area contributed by atoms with Gasteiger partial charge in [-0.15, -0.1) is 11.3 Å². The number of anilines is 2. The molecule has 0 aliphatic rings. The molecule has 0 unspecified atom stereocenters. The minimum atomic E-state index is -0.970. The molecule has 0 spiro atoms. The third kappa shape index (κ3) is 3.39. The maximum Gasteiger partial charge on any atom is 0.335 e. The van der Waals surface area contributed by atoms with Crippen molar-refractivity contribution in [3.05, 3.63) is 65.3 Å². The van der Waals surface area contributed by atoms with Crippen molar-refractivity contribution in [3.8, 4) is 16.9 Å². The summed E-state index contributed by atoms with van der Waals surface area (Å²) in [6.07, 6.45) is 0. The van der Waals surface area contributed by atoms with Gasteiger partial charge in [0, 0.05) is 16.6 Å². The number of methoxy groups -OCH3 is 1. The molecule has 4 aromatic rings. The molecule has 0 atom stereocenters. The largest absolute Gasteiger partial charge is 0.497 e. The molecule has 0 aliphatic carbocycles. The van der Waals surface area contributed by atoms with E-state index in [2.05, 4.69) is 20.7 Å². The zero-order valence-corrected chi connectivity index (χ0v) is 16.1. The summed E-state index contributed by atoms with van der Waals surface area (Å²) in [5, 5.41) is 15.5. The number of carboxylic acids is 1. The molecule has 140 valence electrons. The highest BCUT2D eigenvalue weighted by Crippen LogP contribution is 2.38. The first kappa shape index (κ1) is 17.9. The number of aryl methyl sites for hydroxylation is 1. The molecule has 2 heterocycles. The summed E-state index contributed by atoms with van der Waals surface area (Å²) in [5.41, 5.74) is 2.92. The molecule has 0 aliphatic heterocycles. The van der Waals surface area contributed by atoms with Crippen LogP contribution in [-0.4, -0.2) is 28.2 Å². The third-order valence-electron chi connectivity index (χ3n) is 4.32. The van der Waals surface area contributed by atoms with Gasteiger partial charge in [0.05, 0.1) is 18.1 Å². The Morgan fingerprint density at radius 2 is 1.93 bits per heavy atom. The van der Waals surface area contributed by atoms with Crippen LogP contribution in [0, 0.1) is 6.92 Å². The molecule has 7 heteroatoms. The summed E-state index contributed by atoms with van der Waals surface area (Å²) in [6, 6.07) is 14.5. The lowest BCUT2D eigenvalue weighted by Crippen LogP contribution is -2.01. The zero-order valence-electron chi connectivity index (χ0n) is 15.3. The number of hydrogen-bond acceptors (Lipinski definition) is 6. The topological polar surface area (TPSA) is 84.3 Å². The molecule has 0 fully saturated rings. The summed E-state index contributed by atoms with van der Waals surface area (Å²) < 4.78 is 5.24. The molecule has 0 saturated heterocycles. The normalized spacial score (nSPS) is 10.8. The first-order chi connectivity index (χ1) is 13.5. The Balaban J connectivity index is 1.82. The summed E-state index contributed by atoms with van der Waals surface area (Å²) in [6.45, 7) is 1.84. The average molecular weight is 391 g/mol. The number of ether oxygens (including phenoxy) is 1. The zero-order chi connectivity index (χ0) is 19.7. The highest BCUT2D eigenvalue weighted by Gasteiger charge is 2.15. The van der Waals surface area contributed by atoms with E-state index in [1.54, 1.807) is 36.6 Å². The van der Waals surface area contributed by atoms with E-state index < -0.39 is 5.97 Å². The number of nitrogens with zero attached hydrogens (tertiary/aromatic N) is 2. The number of thiophene rings is 1. The van der Waals surface area contributed by atoms with Gasteiger partial charge < -0.3 is 15.2 Å². The Kier molecular flexibility index (Phi) is 4.67. The van der Waals surface area contributed by atoms with Gasteiger partial charge in [0.2, 0.25) is 0 Å². The van der Waals surface area contributed by atoms with Crippen LogP contribution in [0.3, 0.4) is 0 Å². The van der Waals surface area contributed by atoms with Crippen LogP contribution in [0.5, 0.6) is 5.75 Å². The molecule has 2 aromatic heterocycles. The van der Waals surface area contributed by atoms with Crippen LogP contribution in [-0.2, 0) is 0 Å². The molecule has 6 nitrogen and oxygen atoms in total. The fourth-order valence-corrected chi connectivity index (χ4v) is 3.98. The monoisotopic (exact) mass is 391 g/mol. The van der Waals surface area contributed by atoms with E-state index in [1.165, 1.54) is 0 Å². The molecule has 2 aromatic carbocycles. The van der Waals surface area contributed by atoms with Gasteiger partial charge in [-0.05, 0) is 42.8 Å². The Labute approximate surface area is 165 Å². The van der Waals surface area contributed by atoms with Crippen molar-refractivity contribution in [2.75, 3.05) is 12.4 Å². The van der Waals surface area contributed by atoms with Crippen LogP contribution in [0.1, 0.15) is 16.2 Å². The van der Waals surface area contributed by atoms with Crippen LogP contribution in [0.4, 0.5) is 11.5 Å². The van der Waals surface area contributed by atoms with E-state index >= 15 is 0 Å². The summed E-state index contributed by atoms with van der Waals surface area (Å²) >= 11 is 1.55. The number of hydrogen-bond donors (Lipinski definition) is 2. The Morgan fingerprint density at radius 3 is 2.64 bits per heavy atom. The Bertz CT molecular complexity index is 1170. The minimum Gasteiger partial charge on any atom is -0.497 e. The number of aromatic nitrogens is 2.